The van der Waals surface area contributed by atoms with E-state index in [4.69, 9.17) is 16.9 Å². The largest absolute Gasteiger partial charge is 0.358 e. The molecule has 1 nitrogen and oxygen atoms in total. The summed E-state index contributed by atoms with van der Waals surface area (Å²) < 4.78 is 25.4. The Bertz CT molecular complexity index is 330. The number of halogens is 3. The molecule has 0 fully saturated rings. The SMILES string of the molecule is N#CC(F)(F)c1ccccc1Cl. The highest BCUT2D eigenvalue weighted by Crippen LogP contribution is 2.32. The lowest BCUT2D eigenvalue weighted by Gasteiger charge is -2.08. The second-order valence-electron chi connectivity index (χ2n) is 2.17. The summed E-state index contributed by atoms with van der Waals surface area (Å²) in [4.78, 5) is 0. The molecule has 62 valence electrons. The Kier molecular flexibility index (Phi) is 2.30. The van der Waals surface area contributed by atoms with Crippen molar-refractivity contribution < 1.29 is 8.78 Å². The van der Waals surface area contributed by atoms with E-state index in [0.29, 0.717) is 0 Å². The summed E-state index contributed by atoms with van der Waals surface area (Å²) in [6, 6.07) is 6.27. The van der Waals surface area contributed by atoms with Crippen molar-refractivity contribution >= 4 is 11.6 Å². The fourth-order valence-electron chi connectivity index (χ4n) is 0.776. The zero-order chi connectivity index (χ0) is 9.19. The first kappa shape index (κ1) is 8.95. The molecule has 0 amide bonds. The first-order valence-corrected chi connectivity index (χ1v) is 3.50. The minimum Gasteiger partial charge on any atom is -0.191 e. The standard InChI is InChI=1S/C8H4ClF2N/c9-7-4-2-1-3-6(7)8(10,11)5-12/h1-4H. The Morgan fingerprint density at radius 1 is 1.33 bits per heavy atom. The van der Waals surface area contributed by atoms with E-state index in [-0.39, 0.29) is 5.02 Å². The van der Waals surface area contributed by atoms with Gasteiger partial charge >= 0.3 is 5.92 Å². The van der Waals surface area contributed by atoms with Gasteiger partial charge in [-0.2, -0.15) is 14.0 Å². The van der Waals surface area contributed by atoms with Gasteiger partial charge in [0, 0.05) is 0 Å². The van der Waals surface area contributed by atoms with Crippen molar-refractivity contribution in [2.45, 2.75) is 5.92 Å². The van der Waals surface area contributed by atoms with Crippen molar-refractivity contribution in [1.29, 1.82) is 5.26 Å². The summed E-state index contributed by atoms with van der Waals surface area (Å²) in [5.41, 5.74) is -0.450. The summed E-state index contributed by atoms with van der Waals surface area (Å²) >= 11 is 5.46. The zero-order valence-corrected chi connectivity index (χ0v) is 6.65. The molecule has 1 aromatic rings. The molecule has 0 radical (unpaired) electrons. The molecule has 0 N–H and O–H groups in total. The van der Waals surface area contributed by atoms with Crippen molar-refractivity contribution in [3.63, 3.8) is 0 Å². The molecule has 0 spiro atoms. The number of hydrogen-bond acceptors (Lipinski definition) is 1. The third-order valence-electron chi connectivity index (χ3n) is 1.35. The lowest BCUT2D eigenvalue weighted by Crippen LogP contribution is -2.09. The minimum atomic E-state index is -3.50. The highest BCUT2D eigenvalue weighted by Gasteiger charge is 2.32. The molecule has 1 aromatic carbocycles. The molecular formula is C8H4ClF2N. The van der Waals surface area contributed by atoms with Crippen molar-refractivity contribution in [3.8, 4) is 6.07 Å². The smallest absolute Gasteiger partial charge is 0.191 e. The van der Waals surface area contributed by atoms with Crippen LogP contribution in [0.4, 0.5) is 8.78 Å². The number of benzene rings is 1. The molecule has 0 heterocycles. The van der Waals surface area contributed by atoms with Gasteiger partial charge in [0.2, 0.25) is 0 Å². The molecule has 0 aliphatic rings. The summed E-state index contributed by atoms with van der Waals surface area (Å²) in [7, 11) is 0. The lowest BCUT2D eigenvalue weighted by atomic mass is 10.1. The van der Waals surface area contributed by atoms with Gasteiger partial charge in [0.15, 0.2) is 0 Å². The molecule has 0 saturated heterocycles. The Hall–Kier alpha value is -1.14. The van der Waals surface area contributed by atoms with Gasteiger partial charge in [0.25, 0.3) is 0 Å². The molecule has 0 atom stereocenters. The van der Waals surface area contributed by atoms with Gasteiger partial charge in [-0.25, -0.2) is 0 Å². The lowest BCUT2D eigenvalue weighted by molar-refractivity contribution is 0.0614. The first-order chi connectivity index (χ1) is 5.58. The summed E-state index contributed by atoms with van der Waals surface area (Å²) in [6.07, 6.45) is 0. The van der Waals surface area contributed by atoms with E-state index < -0.39 is 11.5 Å². The molecule has 1 rings (SSSR count). The van der Waals surface area contributed by atoms with Crippen LogP contribution in [0.15, 0.2) is 24.3 Å². The molecule has 0 bridgehead atoms. The number of alkyl halides is 2. The quantitative estimate of drug-likeness (QED) is 0.663. The number of rotatable bonds is 1. The predicted molar refractivity (Wildman–Crippen MR) is 41.0 cm³/mol. The highest BCUT2D eigenvalue weighted by atomic mass is 35.5. The molecule has 12 heavy (non-hydrogen) atoms. The van der Waals surface area contributed by atoms with Crippen LogP contribution in [-0.2, 0) is 5.92 Å². The van der Waals surface area contributed by atoms with E-state index in [0.717, 1.165) is 12.1 Å². The average Bonchev–Trinajstić information content (AvgIpc) is 2.05. The van der Waals surface area contributed by atoms with Crippen molar-refractivity contribution in [2.24, 2.45) is 0 Å². The van der Waals surface area contributed by atoms with Crippen LogP contribution in [0.5, 0.6) is 0 Å². The van der Waals surface area contributed by atoms with Crippen LogP contribution < -0.4 is 0 Å². The topological polar surface area (TPSA) is 23.8 Å². The van der Waals surface area contributed by atoms with E-state index in [9.17, 15) is 8.78 Å². The summed E-state index contributed by atoms with van der Waals surface area (Å²) in [5, 5.41) is 8.02. The minimum absolute atomic E-state index is 0.0935. The van der Waals surface area contributed by atoms with Crippen LogP contribution in [-0.4, -0.2) is 0 Å². The molecule has 0 aliphatic heterocycles. The first-order valence-electron chi connectivity index (χ1n) is 3.12. The van der Waals surface area contributed by atoms with E-state index in [1.807, 2.05) is 0 Å². The van der Waals surface area contributed by atoms with Gasteiger partial charge in [0.05, 0.1) is 10.6 Å². The van der Waals surface area contributed by atoms with Crippen LogP contribution in [0.25, 0.3) is 0 Å². The highest BCUT2D eigenvalue weighted by molar-refractivity contribution is 6.31. The van der Waals surface area contributed by atoms with E-state index >= 15 is 0 Å². The summed E-state index contributed by atoms with van der Waals surface area (Å²) in [5.74, 6) is -3.50. The zero-order valence-electron chi connectivity index (χ0n) is 5.89. The van der Waals surface area contributed by atoms with E-state index in [2.05, 4.69) is 0 Å². The van der Waals surface area contributed by atoms with Crippen LogP contribution in [0.2, 0.25) is 5.02 Å². The van der Waals surface area contributed by atoms with Crippen molar-refractivity contribution in [3.05, 3.63) is 34.9 Å². The Morgan fingerprint density at radius 3 is 2.42 bits per heavy atom. The third kappa shape index (κ3) is 1.54. The number of nitrogens with zero attached hydrogens (tertiary/aromatic N) is 1. The Balaban J connectivity index is 3.22. The van der Waals surface area contributed by atoms with Crippen LogP contribution >= 0.6 is 11.6 Å². The van der Waals surface area contributed by atoms with E-state index in [1.54, 1.807) is 0 Å². The molecule has 0 aromatic heterocycles. The molecule has 0 unspecified atom stereocenters. The molecule has 0 aliphatic carbocycles. The summed E-state index contributed by atoms with van der Waals surface area (Å²) in [6.45, 7) is 0. The van der Waals surface area contributed by atoms with Gasteiger partial charge in [-0.05, 0) is 6.07 Å². The average molecular weight is 188 g/mol. The second kappa shape index (κ2) is 3.08. The number of nitriles is 1. The van der Waals surface area contributed by atoms with Gasteiger partial charge in [-0.15, -0.1) is 0 Å². The van der Waals surface area contributed by atoms with Crippen LogP contribution in [0.3, 0.4) is 0 Å². The third-order valence-corrected chi connectivity index (χ3v) is 1.68. The Labute approximate surface area is 73.2 Å². The fourth-order valence-corrected chi connectivity index (χ4v) is 1.03. The molecule has 0 saturated carbocycles. The van der Waals surface area contributed by atoms with Crippen molar-refractivity contribution in [2.75, 3.05) is 0 Å². The van der Waals surface area contributed by atoms with Gasteiger partial charge in [0.1, 0.15) is 6.07 Å². The fraction of sp³-hybridized carbons (Fsp3) is 0.125. The Morgan fingerprint density at radius 2 is 1.92 bits per heavy atom. The van der Waals surface area contributed by atoms with Crippen molar-refractivity contribution in [1.82, 2.24) is 0 Å². The van der Waals surface area contributed by atoms with E-state index in [1.165, 1.54) is 18.2 Å². The van der Waals surface area contributed by atoms with Gasteiger partial charge < -0.3 is 0 Å². The maximum Gasteiger partial charge on any atom is 0.358 e. The molecular weight excluding hydrogens is 184 g/mol. The van der Waals surface area contributed by atoms with Gasteiger partial charge in [-0.1, -0.05) is 29.8 Å². The normalized spacial score (nSPS) is 10.8. The van der Waals surface area contributed by atoms with Crippen LogP contribution in [0, 0.1) is 11.3 Å². The monoisotopic (exact) mass is 187 g/mol. The van der Waals surface area contributed by atoms with Gasteiger partial charge in [-0.3, -0.25) is 0 Å². The number of hydrogen-bond donors (Lipinski definition) is 0. The maximum absolute atomic E-state index is 12.7. The second-order valence-corrected chi connectivity index (χ2v) is 2.57. The maximum atomic E-state index is 12.7. The molecule has 4 heteroatoms. The van der Waals surface area contributed by atoms with Crippen LogP contribution in [0.1, 0.15) is 5.56 Å². The predicted octanol–water partition coefficient (Wildman–Crippen LogP) is 2.96.